The van der Waals surface area contributed by atoms with Crippen LogP contribution in [-0.2, 0) is 9.84 Å². The Kier molecular flexibility index (Phi) is 6.02. The molecule has 0 fully saturated rings. The van der Waals surface area contributed by atoms with Crippen molar-refractivity contribution in [1.29, 1.82) is 0 Å². The number of sulfone groups is 1. The van der Waals surface area contributed by atoms with Crippen molar-refractivity contribution >= 4 is 64.0 Å². The molecule has 1 aliphatic heterocycles. The molecule has 4 nitrogen and oxygen atoms in total. The third-order valence-electron chi connectivity index (χ3n) is 10.7. The standard InChI is InChI=1S/C47H28N2O2S/c50-52(51)42-20-10-19-40-46(42)49(47(48-40)30-12-2-1-3-13-30)41-26-24-33(28-43(41)52)45-38-17-8-6-15-36(38)44(37-16-7-9-18-39(37)45)32-23-25-35-31(27-32)22-21-29-11-4-5-14-34(29)35/h1-28H. The normalized spacial score (nSPS) is 13.3. The van der Waals surface area contributed by atoms with Crippen molar-refractivity contribution in [3.63, 3.8) is 0 Å². The van der Waals surface area contributed by atoms with Crippen LogP contribution in [0, 0.1) is 0 Å². The highest BCUT2D eigenvalue weighted by Crippen LogP contribution is 2.47. The van der Waals surface area contributed by atoms with E-state index in [1.54, 1.807) is 12.1 Å². The summed E-state index contributed by atoms with van der Waals surface area (Å²) in [6.45, 7) is 0. The molecule has 0 saturated heterocycles. The van der Waals surface area contributed by atoms with Crippen molar-refractivity contribution in [3.8, 4) is 39.3 Å². The highest BCUT2D eigenvalue weighted by Gasteiger charge is 2.34. The van der Waals surface area contributed by atoms with Gasteiger partial charge in [0, 0.05) is 5.56 Å². The summed E-state index contributed by atoms with van der Waals surface area (Å²) in [6, 6.07) is 57.9. The molecule has 0 amide bonds. The maximum atomic E-state index is 14.5. The number of hydrogen-bond acceptors (Lipinski definition) is 3. The van der Waals surface area contributed by atoms with Crippen LogP contribution in [0.3, 0.4) is 0 Å². The van der Waals surface area contributed by atoms with Gasteiger partial charge in [0.1, 0.15) is 5.82 Å². The summed E-state index contributed by atoms with van der Waals surface area (Å²) >= 11 is 0. The number of aromatic nitrogens is 2. The summed E-state index contributed by atoms with van der Waals surface area (Å²) in [5.74, 6) is 0.718. The smallest absolute Gasteiger partial charge is 0.210 e. The van der Waals surface area contributed by atoms with Gasteiger partial charge in [0.15, 0.2) is 0 Å². The van der Waals surface area contributed by atoms with E-state index in [2.05, 4.69) is 109 Å². The number of imidazole rings is 1. The van der Waals surface area contributed by atoms with Gasteiger partial charge in [0.2, 0.25) is 9.84 Å². The van der Waals surface area contributed by atoms with Crippen LogP contribution in [0.25, 0.3) is 93.5 Å². The van der Waals surface area contributed by atoms with Gasteiger partial charge in [-0.2, -0.15) is 0 Å². The van der Waals surface area contributed by atoms with E-state index in [9.17, 15) is 8.42 Å². The Balaban J connectivity index is 1.17. The van der Waals surface area contributed by atoms with E-state index in [0.29, 0.717) is 16.7 Å². The lowest BCUT2D eigenvalue weighted by Gasteiger charge is -2.23. The highest BCUT2D eigenvalue weighted by atomic mass is 32.2. The molecule has 0 saturated carbocycles. The minimum Gasteiger partial charge on any atom is -0.290 e. The van der Waals surface area contributed by atoms with Crippen LogP contribution < -0.4 is 0 Å². The second kappa shape index (κ2) is 10.7. The molecular formula is C47H28N2O2S. The molecular weight excluding hydrogens is 657 g/mol. The van der Waals surface area contributed by atoms with Crippen molar-refractivity contribution < 1.29 is 8.42 Å². The Morgan fingerprint density at radius 1 is 0.423 bits per heavy atom. The minimum atomic E-state index is -3.86. The first-order chi connectivity index (χ1) is 25.6. The lowest BCUT2D eigenvalue weighted by atomic mass is 9.85. The van der Waals surface area contributed by atoms with Gasteiger partial charge >= 0.3 is 0 Å². The third-order valence-corrected chi connectivity index (χ3v) is 12.5. The molecule has 0 spiro atoms. The van der Waals surface area contributed by atoms with Gasteiger partial charge in [-0.25, -0.2) is 13.4 Å². The van der Waals surface area contributed by atoms with Crippen LogP contribution in [0.4, 0.5) is 0 Å². The molecule has 11 rings (SSSR count). The lowest BCUT2D eigenvalue weighted by Crippen LogP contribution is -2.15. The summed E-state index contributed by atoms with van der Waals surface area (Å²) in [5, 5.41) is 9.26. The molecule has 0 bridgehead atoms. The van der Waals surface area contributed by atoms with E-state index in [4.69, 9.17) is 4.98 Å². The second-order valence-electron chi connectivity index (χ2n) is 13.5. The number of benzene rings is 9. The van der Waals surface area contributed by atoms with Crippen LogP contribution >= 0.6 is 0 Å². The van der Waals surface area contributed by atoms with E-state index in [1.165, 1.54) is 21.5 Å². The van der Waals surface area contributed by atoms with Gasteiger partial charge < -0.3 is 0 Å². The fourth-order valence-corrected chi connectivity index (χ4v) is 10.1. The first kappa shape index (κ1) is 29.2. The third kappa shape index (κ3) is 4.02. The van der Waals surface area contributed by atoms with Crippen molar-refractivity contribution in [2.75, 3.05) is 0 Å². The number of para-hydroxylation sites is 1. The van der Waals surface area contributed by atoms with Crippen LogP contribution in [-0.4, -0.2) is 18.0 Å². The predicted molar refractivity (Wildman–Crippen MR) is 213 cm³/mol. The molecule has 1 aromatic heterocycles. The molecule has 1 aliphatic rings. The average molecular weight is 685 g/mol. The average Bonchev–Trinajstić information content (AvgIpc) is 3.59. The first-order valence-corrected chi connectivity index (χ1v) is 18.9. The largest absolute Gasteiger partial charge is 0.290 e. The monoisotopic (exact) mass is 684 g/mol. The molecule has 0 atom stereocenters. The quantitative estimate of drug-likeness (QED) is 0.137. The molecule has 0 radical (unpaired) electrons. The molecule has 5 heteroatoms. The number of nitrogens with zero attached hydrogens (tertiary/aromatic N) is 2. The summed E-state index contributed by atoms with van der Waals surface area (Å²) in [6.07, 6.45) is 0. The zero-order chi connectivity index (χ0) is 34.6. The van der Waals surface area contributed by atoms with E-state index in [0.717, 1.165) is 55.2 Å². The summed E-state index contributed by atoms with van der Waals surface area (Å²) < 4.78 is 31.1. The predicted octanol–water partition coefficient (Wildman–Crippen LogP) is 11.8. The molecule has 2 heterocycles. The minimum absolute atomic E-state index is 0.276. The Labute approximate surface area is 299 Å². The molecule has 244 valence electrons. The number of fused-ring (bicyclic) bond motifs is 7. The Morgan fingerprint density at radius 2 is 1.00 bits per heavy atom. The van der Waals surface area contributed by atoms with E-state index < -0.39 is 9.84 Å². The van der Waals surface area contributed by atoms with Gasteiger partial charge in [-0.1, -0.05) is 140 Å². The van der Waals surface area contributed by atoms with Gasteiger partial charge in [0.05, 0.1) is 26.5 Å². The molecule has 0 unspecified atom stereocenters. The maximum absolute atomic E-state index is 14.5. The van der Waals surface area contributed by atoms with Crippen molar-refractivity contribution in [3.05, 3.63) is 170 Å². The van der Waals surface area contributed by atoms with Crippen LogP contribution in [0.5, 0.6) is 0 Å². The van der Waals surface area contributed by atoms with Gasteiger partial charge in [0.25, 0.3) is 0 Å². The topological polar surface area (TPSA) is 52.0 Å². The lowest BCUT2D eigenvalue weighted by molar-refractivity contribution is 0.594. The van der Waals surface area contributed by atoms with Gasteiger partial charge in [-0.05, 0) is 95.7 Å². The molecule has 0 aliphatic carbocycles. The molecule has 52 heavy (non-hydrogen) atoms. The Morgan fingerprint density at radius 3 is 1.71 bits per heavy atom. The van der Waals surface area contributed by atoms with Crippen molar-refractivity contribution in [2.45, 2.75) is 9.79 Å². The van der Waals surface area contributed by atoms with Crippen LogP contribution in [0.2, 0.25) is 0 Å². The van der Waals surface area contributed by atoms with E-state index in [1.807, 2.05) is 53.1 Å². The number of hydrogen-bond donors (Lipinski definition) is 0. The van der Waals surface area contributed by atoms with E-state index >= 15 is 0 Å². The maximum Gasteiger partial charge on any atom is 0.210 e. The van der Waals surface area contributed by atoms with Gasteiger partial charge in [-0.3, -0.25) is 4.57 Å². The zero-order valence-corrected chi connectivity index (χ0v) is 28.6. The Hall–Kier alpha value is -6.56. The zero-order valence-electron chi connectivity index (χ0n) is 27.8. The summed E-state index contributed by atoms with van der Waals surface area (Å²) in [4.78, 5) is 5.51. The van der Waals surface area contributed by atoms with Crippen molar-refractivity contribution in [2.24, 2.45) is 0 Å². The first-order valence-electron chi connectivity index (χ1n) is 17.4. The summed E-state index contributed by atoms with van der Waals surface area (Å²) in [7, 11) is -3.86. The van der Waals surface area contributed by atoms with Crippen LogP contribution in [0.15, 0.2) is 180 Å². The molecule has 10 aromatic rings. The highest BCUT2D eigenvalue weighted by molar-refractivity contribution is 7.92. The molecule has 9 aromatic carbocycles. The fourth-order valence-electron chi connectivity index (χ4n) is 8.44. The fraction of sp³-hybridized carbons (Fsp3) is 0. The SMILES string of the molecule is O=S1(=O)c2cc(-c3c4ccccc4c(-c4ccc5c(ccc6ccccc65)c4)c4ccccc34)ccc2-n2c(-c3ccccc3)nc3cccc1c32. The Bertz CT molecular complexity index is 3200. The van der Waals surface area contributed by atoms with Gasteiger partial charge in [-0.15, -0.1) is 0 Å². The molecule has 0 N–H and O–H groups in total. The number of rotatable bonds is 3. The van der Waals surface area contributed by atoms with Crippen molar-refractivity contribution in [1.82, 2.24) is 9.55 Å². The second-order valence-corrected chi connectivity index (χ2v) is 15.4. The summed E-state index contributed by atoms with van der Waals surface area (Å²) in [5.41, 5.74) is 6.98. The van der Waals surface area contributed by atoms with Crippen LogP contribution in [0.1, 0.15) is 0 Å². The van der Waals surface area contributed by atoms with E-state index in [-0.39, 0.29) is 9.79 Å².